The molecule has 1 aromatic rings. The molecule has 0 saturated heterocycles. The number of rotatable bonds is 5. The van der Waals surface area contributed by atoms with Gasteiger partial charge in [0.2, 0.25) is 0 Å². The lowest BCUT2D eigenvalue weighted by molar-refractivity contribution is -0.131. The Morgan fingerprint density at radius 1 is 1.56 bits per heavy atom. The van der Waals surface area contributed by atoms with Crippen LogP contribution in [-0.4, -0.2) is 31.0 Å². The molecule has 86 valence electrons. The molecule has 16 heavy (non-hydrogen) atoms. The van der Waals surface area contributed by atoms with Crippen molar-refractivity contribution < 1.29 is 9.53 Å². The highest BCUT2D eigenvalue weighted by molar-refractivity contribution is 5.77. The Morgan fingerprint density at radius 2 is 2.25 bits per heavy atom. The lowest BCUT2D eigenvalue weighted by Crippen LogP contribution is -2.31. The molecule has 0 aliphatic rings. The quantitative estimate of drug-likeness (QED) is 0.601. The summed E-state index contributed by atoms with van der Waals surface area (Å²) in [6.45, 7) is 4.05. The highest BCUT2D eigenvalue weighted by Gasteiger charge is 2.08. The second-order valence-electron chi connectivity index (χ2n) is 3.39. The minimum absolute atomic E-state index is 0.0153. The van der Waals surface area contributed by atoms with Crippen LogP contribution in [0.3, 0.4) is 0 Å². The second kappa shape index (κ2) is 5.80. The molecule has 0 radical (unpaired) electrons. The molecular weight excluding hydrogens is 204 g/mol. The van der Waals surface area contributed by atoms with Crippen LogP contribution in [0.1, 0.15) is 0 Å². The molecule has 0 saturated carbocycles. The van der Waals surface area contributed by atoms with Gasteiger partial charge in [-0.2, -0.15) is 0 Å². The van der Waals surface area contributed by atoms with Crippen molar-refractivity contribution >= 4 is 11.6 Å². The first-order valence-electron chi connectivity index (χ1n) is 4.97. The molecule has 0 atom stereocenters. The molecule has 1 rings (SSSR count). The zero-order valence-corrected chi connectivity index (χ0v) is 9.35. The zero-order chi connectivity index (χ0) is 12.0. The number of nitrogen functional groups attached to an aromatic ring is 1. The summed E-state index contributed by atoms with van der Waals surface area (Å²) >= 11 is 0. The lowest BCUT2D eigenvalue weighted by Gasteiger charge is -2.15. The van der Waals surface area contributed by atoms with Gasteiger partial charge in [-0.1, -0.05) is 18.2 Å². The third kappa shape index (κ3) is 3.31. The topological polar surface area (TPSA) is 55.6 Å². The molecule has 1 aromatic carbocycles. The molecule has 0 unspecified atom stereocenters. The van der Waals surface area contributed by atoms with Gasteiger partial charge in [-0.25, -0.2) is 0 Å². The van der Waals surface area contributed by atoms with E-state index in [2.05, 4.69) is 6.58 Å². The number of carbonyl (C=O) groups is 1. The first kappa shape index (κ1) is 12.1. The molecule has 2 N–H and O–H groups in total. The van der Waals surface area contributed by atoms with Crippen molar-refractivity contribution in [1.29, 1.82) is 0 Å². The summed E-state index contributed by atoms with van der Waals surface area (Å²) in [5.41, 5.74) is 6.20. The van der Waals surface area contributed by atoms with Crippen LogP contribution in [0.4, 0.5) is 5.69 Å². The van der Waals surface area contributed by atoms with Crippen molar-refractivity contribution in [2.75, 3.05) is 25.9 Å². The Balaban J connectivity index is 2.49. The summed E-state index contributed by atoms with van der Waals surface area (Å²) in [4.78, 5) is 13.1. The lowest BCUT2D eigenvalue weighted by atomic mass is 10.3. The van der Waals surface area contributed by atoms with E-state index in [-0.39, 0.29) is 12.5 Å². The second-order valence-corrected chi connectivity index (χ2v) is 3.39. The summed E-state index contributed by atoms with van der Waals surface area (Å²) in [5, 5.41) is 0. The van der Waals surface area contributed by atoms with E-state index in [9.17, 15) is 4.79 Å². The van der Waals surface area contributed by atoms with E-state index in [0.717, 1.165) is 0 Å². The summed E-state index contributed by atoms with van der Waals surface area (Å²) in [6.07, 6.45) is 1.66. The van der Waals surface area contributed by atoms with Gasteiger partial charge in [0.05, 0.1) is 5.69 Å². The number of ether oxygens (including phenoxy) is 1. The molecule has 0 aliphatic carbocycles. The third-order valence-corrected chi connectivity index (χ3v) is 2.10. The number of anilines is 1. The summed E-state index contributed by atoms with van der Waals surface area (Å²) in [5.74, 6) is 0.422. The Bertz CT molecular complexity index is 377. The van der Waals surface area contributed by atoms with Crippen LogP contribution in [0.2, 0.25) is 0 Å². The van der Waals surface area contributed by atoms with Gasteiger partial charge in [-0.3, -0.25) is 4.79 Å². The Labute approximate surface area is 95.3 Å². The first-order chi connectivity index (χ1) is 7.65. The Morgan fingerprint density at radius 3 is 2.88 bits per heavy atom. The van der Waals surface area contributed by atoms with Crippen LogP contribution in [0.25, 0.3) is 0 Å². The number of para-hydroxylation sites is 2. The molecule has 0 bridgehead atoms. The van der Waals surface area contributed by atoms with E-state index in [1.807, 2.05) is 12.1 Å². The van der Waals surface area contributed by atoms with Crippen LogP contribution in [0, 0.1) is 0 Å². The standard InChI is InChI=1S/C12H16N2O2/c1-3-8-14(2)12(15)9-16-11-7-5-4-6-10(11)13/h3-7H,1,8-9,13H2,2H3. The van der Waals surface area contributed by atoms with Gasteiger partial charge < -0.3 is 15.4 Å². The number of carbonyl (C=O) groups excluding carboxylic acids is 1. The molecular formula is C12H16N2O2. The number of nitrogens with zero attached hydrogens (tertiary/aromatic N) is 1. The predicted molar refractivity (Wildman–Crippen MR) is 64.2 cm³/mol. The van der Waals surface area contributed by atoms with Crippen molar-refractivity contribution in [3.05, 3.63) is 36.9 Å². The number of nitrogens with two attached hydrogens (primary N) is 1. The summed E-state index contributed by atoms with van der Waals surface area (Å²) in [7, 11) is 1.70. The fourth-order valence-corrected chi connectivity index (χ4v) is 1.16. The maximum absolute atomic E-state index is 11.5. The molecule has 0 spiro atoms. The van der Waals surface area contributed by atoms with E-state index in [1.54, 1.807) is 25.3 Å². The van der Waals surface area contributed by atoms with E-state index >= 15 is 0 Å². The minimum atomic E-state index is -0.108. The van der Waals surface area contributed by atoms with Crippen molar-refractivity contribution in [1.82, 2.24) is 4.90 Å². The average molecular weight is 220 g/mol. The maximum Gasteiger partial charge on any atom is 0.260 e. The van der Waals surface area contributed by atoms with Gasteiger partial charge in [0.1, 0.15) is 5.75 Å². The van der Waals surface area contributed by atoms with Gasteiger partial charge in [0.15, 0.2) is 6.61 Å². The molecule has 0 fully saturated rings. The molecule has 0 aromatic heterocycles. The fraction of sp³-hybridized carbons (Fsp3) is 0.250. The van der Waals surface area contributed by atoms with E-state index in [0.29, 0.717) is 18.0 Å². The van der Waals surface area contributed by atoms with Gasteiger partial charge in [0, 0.05) is 13.6 Å². The number of hydrogen-bond donors (Lipinski definition) is 1. The van der Waals surface area contributed by atoms with Gasteiger partial charge in [-0.15, -0.1) is 6.58 Å². The number of amides is 1. The SMILES string of the molecule is C=CCN(C)C(=O)COc1ccccc1N. The fourth-order valence-electron chi connectivity index (χ4n) is 1.16. The molecule has 4 heteroatoms. The van der Waals surface area contributed by atoms with Crippen molar-refractivity contribution in [3.8, 4) is 5.75 Å². The largest absolute Gasteiger partial charge is 0.482 e. The monoisotopic (exact) mass is 220 g/mol. The average Bonchev–Trinajstić information content (AvgIpc) is 2.28. The van der Waals surface area contributed by atoms with E-state index in [1.165, 1.54) is 4.90 Å². The van der Waals surface area contributed by atoms with Gasteiger partial charge >= 0.3 is 0 Å². The molecule has 0 heterocycles. The van der Waals surface area contributed by atoms with Crippen LogP contribution < -0.4 is 10.5 Å². The van der Waals surface area contributed by atoms with Gasteiger partial charge in [-0.05, 0) is 12.1 Å². The van der Waals surface area contributed by atoms with Gasteiger partial charge in [0.25, 0.3) is 5.91 Å². The van der Waals surface area contributed by atoms with Crippen LogP contribution in [-0.2, 0) is 4.79 Å². The first-order valence-corrected chi connectivity index (χ1v) is 4.97. The zero-order valence-electron chi connectivity index (χ0n) is 9.35. The Hall–Kier alpha value is -1.97. The third-order valence-electron chi connectivity index (χ3n) is 2.10. The maximum atomic E-state index is 11.5. The van der Waals surface area contributed by atoms with Crippen LogP contribution in [0.5, 0.6) is 5.75 Å². The summed E-state index contributed by atoms with van der Waals surface area (Å²) < 4.78 is 5.32. The number of benzene rings is 1. The van der Waals surface area contributed by atoms with Crippen LogP contribution >= 0.6 is 0 Å². The van der Waals surface area contributed by atoms with Crippen molar-refractivity contribution in [2.45, 2.75) is 0 Å². The highest BCUT2D eigenvalue weighted by Crippen LogP contribution is 2.19. The van der Waals surface area contributed by atoms with Crippen molar-refractivity contribution in [2.24, 2.45) is 0 Å². The van der Waals surface area contributed by atoms with Crippen molar-refractivity contribution in [3.63, 3.8) is 0 Å². The number of likely N-dealkylation sites (N-methyl/N-ethyl adjacent to an activating group) is 1. The minimum Gasteiger partial charge on any atom is -0.482 e. The van der Waals surface area contributed by atoms with E-state index < -0.39 is 0 Å². The Kier molecular flexibility index (Phi) is 4.39. The summed E-state index contributed by atoms with van der Waals surface area (Å²) in [6, 6.07) is 7.08. The highest BCUT2D eigenvalue weighted by atomic mass is 16.5. The molecule has 0 aliphatic heterocycles. The van der Waals surface area contributed by atoms with E-state index in [4.69, 9.17) is 10.5 Å². The predicted octanol–water partition coefficient (Wildman–Crippen LogP) is 1.29. The van der Waals surface area contributed by atoms with Crippen LogP contribution in [0.15, 0.2) is 36.9 Å². The number of hydrogen-bond acceptors (Lipinski definition) is 3. The molecule has 1 amide bonds. The molecule has 4 nitrogen and oxygen atoms in total. The normalized spacial score (nSPS) is 9.56. The smallest absolute Gasteiger partial charge is 0.260 e.